The molecule has 1 amide bonds. The number of rotatable bonds is 8. The zero-order valence-electron chi connectivity index (χ0n) is 13.8. The third-order valence-electron chi connectivity index (χ3n) is 4.94. The molecule has 5 heteroatoms. The first kappa shape index (κ1) is 17.4. The van der Waals surface area contributed by atoms with Crippen LogP contribution in [0.15, 0.2) is 0 Å². The molecular weight excluding hydrogens is 282 g/mol. The maximum atomic E-state index is 11.8. The lowest BCUT2D eigenvalue weighted by Crippen LogP contribution is -2.46. The van der Waals surface area contributed by atoms with E-state index in [0.717, 1.165) is 38.5 Å². The second kappa shape index (κ2) is 8.63. The van der Waals surface area contributed by atoms with Crippen molar-refractivity contribution in [3.05, 3.63) is 0 Å². The number of carbonyl (C=O) groups excluding carboxylic acids is 2. The average molecular weight is 313 g/mol. The fourth-order valence-corrected chi connectivity index (χ4v) is 3.34. The minimum atomic E-state index is 0. The molecule has 0 aliphatic heterocycles. The van der Waals surface area contributed by atoms with Gasteiger partial charge < -0.3 is 14.8 Å². The molecule has 0 aromatic heterocycles. The summed E-state index contributed by atoms with van der Waals surface area (Å²) in [5.41, 5.74) is 0. The minimum absolute atomic E-state index is 0. The summed E-state index contributed by atoms with van der Waals surface area (Å²) in [5.74, 6) is 0.529. The van der Waals surface area contributed by atoms with Crippen LogP contribution in [-0.4, -0.2) is 43.7 Å². The summed E-state index contributed by atoms with van der Waals surface area (Å²) in [7, 11) is 1.76. The molecule has 2 saturated carbocycles. The molecule has 2 rings (SSSR count). The molecule has 0 spiro atoms. The molecule has 0 saturated heterocycles. The maximum Gasteiger partial charge on any atom is 0.222 e. The molecule has 0 aromatic carbocycles. The van der Waals surface area contributed by atoms with Gasteiger partial charge >= 0.3 is 0 Å². The van der Waals surface area contributed by atoms with Crippen LogP contribution < -0.4 is 5.32 Å². The zero-order chi connectivity index (χ0) is 15.9. The number of ether oxygens (including phenoxy) is 2. The van der Waals surface area contributed by atoms with E-state index < -0.39 is 0 Å². The Hall–Kier alpha value is -0.940. The molecule has 0 bridgehead atoms. The Labute approximate surface area is 134 Å². The normalized spacial score (nSPS) is 31.4. The highest BCUT2D eigenvalue weighted by Gasteiger charge is 2.34. The minimum Gasteiger partial charge on any atom is -0.381 e. The highest BCUT2D eigenvalue weighted by Crippen LogP contribution is 2.29. The zero-order valence-corrected chi connectivity index (χ0v) is 13.8. The van der Waals surface area contributed by atoms with Crippen molar-refractivity contribution in [1.29, 1.82) is 0 Å². The van der Waals surface area contributed by atoms with Gasteiger partial charge in [-0.3, -0.25) is 9.59 Å². The van der Waals surface area contributed by atoms with Gasteiger partial charge in [0.05, 0.1) is 18.8 Å². The van der Waals surface area contributed by atoms with Crippen LogP contribution in [0.2, 0.25) is 0 Å². The van der Waals surface area contributed by atoms with Crippen LogP contribution in [0.25, 0.3) is 0 Å². The molecule has 2 aliphatic carbocycles. The lowest BCUT2D eigenvalue weighted by Gasteiger charge is -2.34. The Morgan fingerprint density at radius 1 is 1.14 bits per heavy atom. The van der Waals surface area contributed by atoms with Gasteiger partial charge in [-0.05, 0) is 38.5 Å². The lowest BCUT2D eigenvalue weighted by molar-refractivity contribution is -0.129. The van der Waals surface area contributed by atoms with Gasteiger partial charge in [0.2, 0.25) is 5.91 Å². The van der Waals surface area contributed by atoms with E-state index in [1.165, 1.54) is 0 Å². The van der Waals surface area contributed by atoms with Crippen molar-refractivity contribution in [3.8, 4) is 0 Å². The largest absolute Gasteiger partial charge is 0.381 e. The first-order valence-corrected chi connectivity index (χ1v) is 8.58. The van der Waals surface area contributed by atoms with Gasteiger partial charge in [-0.2, -0.15) is 0 Å². The Morgan fingerprint density at radius 3 is 2.36 bits per heavy atom. The first-order valence-electron chi connectivity index (χ1n) is 8.58. The number of hydrogen-bond donors (Lipinski definition) is 1. The number of amides is 1. The lowest BCUT2D eigenvalue weighted by atomic mass is 9.77. The molecule has 0 radical (unpaired) electrons. The van der Waals surface area contributed by atoms with E-state index in [1.807, 2.05) is 6.92 Å². The van der Waals surface area contributed by atoms with Crippen LogP contribution in [0, 0.1) is 5.92 Å². The molecule has 128 valence electrons. The van der Waals surface area contributed by atoms with Crippen molar-refractivity contribution in [2.45, 2.75) is 76.5 Å². The summed E-state index contributed by atoms with van der Waals surface area (Å²) < 4.78 is 11.1. The topological polar surface area (TPSA) is 64.6 Å². The van der Waals surface area contributed by atoms with Crippen LogP contribution in [0.1, 0.15) is 59.7 Å². The van der Waals surface area contributed by atoms with E-state index in [-0.39, 0.29) is 25.4 Å². The maximum absolute atomic E-state index is 11.8. The SMILES string of the molecule is CCC(=O)C1CC(NC(=O)CCOC2CCC(OC)CC2)C1.[HH]. The van der Waals surface area contributed by atoms with Crippen LogP contribution in [0.5, 0.6) is 0 Å². The smallest absolute Gasteiger partial charge is 0.222 e. The summed E-state index contributed by atoms with van der Waals surface area (Å²) in [5, 5.41) is 2.99. The third kappa shape index (κ3) is 5.06. The van der Waals surface area contributed by atoms with E-state index in [9.17, 15) is 9.59 Å². The molecule has 5 nitrogen and oxygen atoms in total. The highest BCUT2D eigenvalue weighted by molar-refractivity contribution is 5.82. The van der Waals surface area contributed by atoms with Gasteiger partial charge in [0.15, 0.2) is 0 Å². The average Bonchev–Trinajstić information content (AvgIpc) is 2.50. The van der Waals surface area contributed by atoms with Gasteiger partial charge in [-0.1, -0.05) is 6.92 Å². The van der Waals surface area contributed by atoms with Gasteiger partial charge in [-0.15, -0.1) is 0 Å². The second-order valence-electron chi connectivity index (χ2n) is 6.51. The number of nitrogens with one attached hydrogen (secondary N) is 1. The molecule has 0 atom stereocenters. The van der Waals surface area contributed by atoms with Gasteiger partial charge in [0, 0.05) is 33.3 Å². The Morgan fingerprint density at radius 2 is 1.77 bits per heavy atom. The molecule has 2 aliphatic rings. The highest BCUT2D eigenvalue weighted by atomic mass is 16.5. The Bertz CT molecular complexity index is 377. The predicted octanol–water partition coefficient (Wildman–Crippen LogP) is 2.47. The Balaban J connectivity index is 0.00000264. The molecule has 0 unspecified atom stereocenters. The van der Waals surface area contributed by atoms with Crippen LogP contribution in [0.3, 0.4) is 0 Å². The molecule has 2 fully saturated rings. The molecule has 22 heavy (non-hydrogen) atoms. The Kier molecular flexibility index (Phi) is 6.83. The van der Waals surface area contributed by atoms with Crippen LogP contribution >= 0.6 is 0 Å². The second-order valence-corrected chi connectivity index (χ2v) is 6.51. The van der Waals surface area contributed by atoms with E-state index >= 15 is 0 Å². The van der Waals surface area contributed by atoms with Crippen molar-refractivity contribution in [3.63, 3.8) is 0 Å². The summed E-state index contributed by atoms with van der Waals surface area (Å²) in [6.07, 6.45) is 7.39. The van der Waals surface area contributed by atoms with Crippen molar-refractivity contribution >= 4 is 11.7 Å². The summed E-state index contributed by atoms with van der Waals surface area (Å²) in [6.45, 7) is 2.38. The fraction of sp³-hybridized carbons (Fsp3) is 0.882. The van der Waals surface area contributed by atoms with E-state index in [0.29, 0.717) is 31.3 Å². The number of methoxy groups -OCH3 is 1. The fourth-order valence-electron chi connectivity index (χ4n) is 3.34. The van der Waals surface area contributed by atoms with E-state index in [2.05, 4.69) is 5.32 Å². The van der Waals surface area contributed by atoms with Gasteiger partial charge in [0.25, 0.3) is 0 Å². The van der Waals surface area contributed by atoms with Crippen molar-refractivity contribution < 1.29 is 20.5 Å². The number of carbonyl (C=O) groups is 2. The van der Waals surface area contributed by atoms with Gasteiger partial charge in [0.1, 0.15) is 5.78 Å². The quantitative estimate of drug-likeness (QED) is 0.747. The summed E-state index contributed by atoms with van der Waals surface area (Å²) >= 11 is 0. The number of ketones is 1. The molecule has 1 N–H and O–H groups in total. The predicted molar refractivity (Wildman–Crippen MR) is 85.7 cm³/mol. The van der Waals surface area contributed by atoms with E-state index in [4.69, 9.17) is 9.47 Å². The monoisotopic (exact) mass is 313 g/mol. The number of Topliss-reactive ketones (excluding diaryl/α,β-unsaturated/α-hetero) is 1. The van der Waals surface area contributed by atoms with Crippen molar-refractivity contribution in [2.24, 2.45) is 5.92 Å². The van der Waals surface area contributed by atoms with Crippen molar-refractivity contribution in [2.75, 3.05) is 13.7 Å². The molecule has 0 aromatic rings. The third-order valence-corrected chi connectivity index (χ3v) is 4.94. The first-order chi connectivity index (χ1) is 10.6. The van der Waals surface area contributed by atoms with E-state index in [1.54, 1.807) is 7.11 Å². The number of hydrogen-bond acceptors (Lipinski definition) is 4. The molecular formula is C17H31NO4. The molecule has 0 heterocycles. The summed E-state index contributed by atoms with van der Waals surface area (Å²) in [6, 6.07) is 0.185. The van der Waals surface area contributed by atoms with Crippen LogP contribution in [-0.2, 0) is 19.1 Å². The van der Waals surface area contributed by atoms with Crippen molar-refractivity contribution in [1.82, 2.24) is 5.32 Å². The standard InChI is InChI=1S/C17H29NO4.H2/c1-3-16(19)12-10-13(11-12)18-17(20)8-9-22-15-6-4-14(21-2)5-7-15;/h12-15H,3-11H2,1-2H3,(H,18,20);1H. The summed E-state index contributed by atoms with van der Waals surface area (Å²) in [4.78, 5) is 23.3. The van der Waals surface area contributed by atoms with Gasteiger partial charge in [-0.25, -0.2) is 0 Å². The van der Waals surface area contributed by atoms with Crippen LogP contribution in [0.4, 0.5) is 0 Å².